The third-order valence-corrected chi connectivity index (χ3v) is 10.6. The van der Waals surface area contributed by atoms with Gasteiger partial charge in [-0.3, -0.25) is 0 Å². The minimum absolute atomic E-state index is 0.181. The highest BCUT2D eigenvalue weighted by Crippen LogP contribution is 2.50. The Hall–Kier alpha value is -6.89. The lowest BCUT2D eigenvalue weighted by molar-refractivity contribution is 0.660. The van der Waals surface area contributed by atoms with Crippen LogP contribution in [0.5, 0.6) is 0 Å². The molecule has 0 spiro atoms. The minimum atomic E-state index is -0.181. The molecular weight excluding hydrogens is 643 g/mol. The number of fused-ring (bicyclic) bond motifs is 3. The van der Waals surface area contributed by atoms with E-state index in [1.54, 1.807) is 0 Å². The number of aromatic nitrogens is 2. The minimum Gasteiger partial charge on any atom is -0.228 e. The van der Waals surface area contributed by atoms with Crippen molar-refractivity contribution in [2.24, 2.45) is 0 Å². The van der Waals surface area contributed by atoms with E-state index in [1.165, 1.54) is 22.3 Å². The lowest BCUT2D eigenvalue weighted by Crippen LogP contribution is -2.15. The van der Waals surface area contributed by atoms with E-state index < -0.39 is 0 Å². The molecule has 0 atom stereocenters. The third-order valence-electron chi connectivity index (χ3n) is 10.6. The van der Waals surface area contributed by atoms with Crippen LogP contribution in [0.15, 0.2) is 176 Å². The number of hydrogen-bond acceptors (Lipinski definition) is 3. The number of nitrogens with zero attached hydrogens (tertiary/aromatic N) is 3. The Morgan fingerprint density at radius 1 is 0.415 bits per heavy atom. The first-order valence-corrected chi connectivity index (χ1v) is 18.0. The van der Waals surface area contributed by atoms with E-state index in [4.69, 9.17) is 9.97 Å². The highest BCUT2D eigenvalue weighted by Gasteiger charge is 2.37. The van der Waals surface area contributed by atoms with Crippen molar-refractivity contribution in [3.8, 4) is 84.5 Å². The van der Waals surface area contributed by atoms with Crippen LogP contribution in [0.25, 0.3) is 78.4 Å². The first kappa shape index (κ1) is 32.0. The second-order valence-electron chi connectivity index (χ2n) is 14.2. The van der Waals surface area contributed by atoms with Crippen LogP contribution in [0.3, 0.4) is 0 Å². The Morgan fingerprint density at radius 3 is 1.47 bits per heavy atom. The maximum absolute atomic E-state index is 9.84. The lowest BCUT2D eigenvalue weighted by atomic mass is 9.81. The van der Waals surface area contributed by atoms with Gasteiger partial charge in [0.2, 0.25) is 0 Å². The van der Waals surface area contributed by atoms with Crippen molar-refractivity contribution >= 4 is 0 Å². The van der Waals surface area contributed by atoms with Crippen molar-refractivity contribution in [3.05, 3.63) is 193 Å². The van der Waals surface area contributed by atoms with Gasteiger partial charge in [0.05, 0.1) is 23.0 Å². The summed E-state index contributed by atoms with van der Waals surface area (Å²) >= 11 is 0. The quantitative estimate of drug-likeness (QED) is 0.176. The van der Waals surface area contributed by atoms with Gasteiger partial charge in [-0.2, -0.15) is 5.26 Å². The molecule has 0 fully saturated rings. The molecule has 0 saturated heterocycles. The van der Waals surface area contributed by atoms with E-state index >= 15 is 0 Å². The van der Waals surface area contributed by atoms with E-state index in [9.17, 15) is 5.26 Å². The maximum atomic E-state index is 9.84. The molecule has 7 aromatic carbocycles. The van der Waals surface area contributed by atoms with Crippen molar-refractivity contribution in [1.82, 2.24) is 9.97 Å². The predicted molar refractivity (Wildman–Crippen MR) is 217 cm³/mol. The van der Waals surface area contributed by atoms with Gasteiger partial charge in [0.1, 0.15) is 0 Å². The van der Waals surface area contributed by atoms with E-state index in [0.717, 1.165) is 67.0 Å². The van der Waals surface area contributed by atoms with Gasteiger partial charge in [0.15, 0.2) is 5.82 Å². The Balaban J connectivity index is 1.06. The van der Waals surface area contributed by atoms with Crippen molar-refractivity contribution in [2.75, 3.05) is 0 Å². The zero-order chi connectivity index (χ0) is 35.9. The van der Waals surface area contributed by atoms with Gasteiger partial charge in [0, 0.05) is 27.7 Å². The standard InChI is InChI=1S/C50H35N3/c1-50(2)44-21-11-20-42(32-51)48(44)43-27-26-39(30-45(43)50)35-24-22-34(23-25-35)38-17-10-19-41(29-38)47-31-46(52-49(53-47)36-14-7-4-8-15-36)40-18-9-16-37(28-40)33-12-5-3-6-13-33/h3-31H,1-2H3. The smallest absolute Gasteiger partial charge is 0.160 e. The molecule has 0 bridgehead atoms. The van der Waals surface area contributed by atoms with Crippen molar-refractivity contribution in [2.45, 2.75) is 19.3 Å². The third kappa shape index (κ3) is 5.81. The molecule has 250 valence electrons. The molecule has 1 aliphatic rings. The molecule has 0 saturated carbocycles. The van der Waals surface area contributed by atoms with Crippen molar-refractivity contribution in [3.63, 3.8) is 0 Å². The highest BCUT2D eigenvalue weighted by atomic mass is 14.9. The zero-order valence-corrected chi connectivity index (χ0v) is 29.6. The average Bonchev–Trinajstić information content (AvgIpc) is 3.47. The van der Waals surface area contributed by atoms with Crippen molar-refractivity contribution < 1.29 is 0 Å². The summed E-state index contributed by atoms with van der Waals surface area (Å²) in [5.74, 6) is 0.697. The molecule has 0 amide bonds. The summed E-state index contributed by atoms with van der Waals surface area (Å²) in [6.45, 7) is 4.51. The Labute approximate surface area is 310 Å². The van der Waals surface area contributed by atoms with Crippen LogP contribution in [-0.2, 0) is 5.41 Å². The molecule has 8 aromatic rings. The zero-order valence-electron chi connectivity index (χ0n) is 29.6. The molecule has 1 aliphatic carbocycles. The normalized spacial score (nSPS) is 12.5. The first-order chi connectivity index (χ1) is 26.0. The topological polar surface area (TPSA) is 49.6 Å². The number of nitriles is 1. The summed E-state index contributed by atoms with van der Waals surface area (Å²) in [6.07, 6.45) is 0. The Morgan fingerprint density at radius 2 is 0.887 bits per heavy atom. The summed E-state index contributed by atoms with van der Waals surface area (Å²) in [5.41, 5.74) is 17.0. The van der Waals surface area contributed by atoms with Gasteiger partial charge >= 0.3 is 0 Å². The van der Waals surface area contributed by atoms with Gasteiger partial charge < -0.3 is 0 Å². The predicted octanol–water partition coefficient (Wildman–Crippen LogP) is 12.7. The number of benzene rings is 7. The van der Waals surface area contributed by atoms with Crippen LogP contribution >= 0.6 is 0 Å². The van der Waals surface area contributed by atoms with E-state index in [2.05, 4.69) is 159 Å². The summed E-state index contributed by atoms with van der Waals surface area (Å²) in [6, 6.07) is 63.9. The summed E-state index contributed by atoms with van der Waals surface area (Å²) < 4.78 is 0. The second-order valence-corrected chi connectivity index (χ2v) is 14.2. The molecular formula is C50H35N3. The van der Waals surface area contributed by atoms with Crippen LogP contribution in [0, 0.1) is 11.3 Å². The first-order valence-electron chi connectivity index (χ1n) is 18.0. The maximum Gasteiger partial charge on any atom is 0.160 e. The monoisotopic (exact) mass is 677 g/mol. The molecule has 0 aliphatic heterocycles. The Bertz CT molecular complexity index is 2690. The SMILES string of the molecule is CC1(C)c2cc(-c3ccc(-c4cccc(-c5cc(-c6cccc(-c7ccccc7)c6)nc(-c6ccccc6)n5)c4)cc3)ccc2-c2c(C#N)cccc21. The molecule has 1 aromatic heterocycles. The average molecular weight is 678 g/mol. The van der Waals surface area contributed by atoms with Crippen LogP contribution in [0.4, 0.5) is 0 Å². The molecule has 3 nitrogen and oxygen atoms in total. The van der Waals surface area contributed by atoms with Gasteiger partial charge in [-0.05, 0) is 80.4 Å². The summed E-state index contributed by atoms with van der Waals surface area (Å²) in [5, 5.41) is 9.84. The van der Waals surface area contributed by atoms with Gasteiger partial charge in [0.25, 0.3) is 0 Å². The highest BCUT2D eigenvalue weighted by molar-refractivity contribution is 5.87. The molecule has 9 rings (SSSR count). The molecule has 0 N–H and O–H groups in total. The summed E-state index contributed by atoms with van der Waals surface area (Å²) in [7, 11) is 0. The fraction of sp³-hybridized carbons (Fsp3) is 0.0600. The van der Waals surface area contributed by atoms with Crippen LogP contribution in [0.1, 0.15) is 30.5 Å². The van der Waals surface area contributed by atoms with E-state index in [1.807, 2.05) is 36.4 Å². The Kier molecular flexibility index (Phi) is 7.87. The van der Waals surface area contributed by atoms with Crippen LogP contribution < -0.4 is 0 Å². The van der Waals surface area contributed by atoms with Crippen molar-refractivity contribution in [1.29, 1.82) is 5.26 Å². The van der Waals surface area contributed by atoms with Gasteiger partial charge in [-0.25, -0.2) is 9.97 Å². The molecule has 3 heteroatoms. The summed E-state index contributed by atoms with van der Waals surface area (Å²) in [4.78, 5) is 10.2. The number of rotatable bonds is 6. The van der Waals surface area contributed by atoms with E-state index in [0.29, 0.717) is 5.82 Å². The second kappa shape index (κ2) is 13.0. The molecule has 1 heterocycles. The fourth-order valence-corrected chi connectivity index (χ4v) is 7.72. The number of hydrogen-bond donors (Lipinski definition) is 0. The van der Waals surface area contributed by atoms with Crippen LogP contribution in [0.2, 0.25) is 0 Å². The molecule has 0 unspecified atom stereocenters. The van der Waals surface area contributed by atoms with Gasteiger partial charge in [-0.1, -0.05) is 159 Å². The fourth-order valence-electron chi connectivity index (χ4n) is 7.72. The molecule has 0 radical (unpaired) electrons. The lowest BCUT2D eigenvalue weighted by Gasteiger charge is -2.22. The largest absolute Gasteiger partial charge is 0.228 e. The van der Waals surface area contributed by atoms with Gasteiger partial charge in [-0.15, -0.1) is 0 Å². The molecule has 53 heavy (non-hydrogen) atoms. The van der Waals surface area contributed by atoms with E-state index in [-0.39, 0.29) is 5.41 Å². The van der Waals surface area contributed by atoms with Crippen LogP contribution in [-0.4, -0.2) is 9.97 Å².